The zero-order chi connectivity index (χ0) is 13.0. The maximum absolute atomic E-state index is 5.33. The molecule has 1 fully saturated rings. The highest BCUT2D eigenvalue weighted by Crippen LogP contribution is 2.25. The van der Waals surface area contributed by atoms with Gasteiger partial charge >= 0.3 is 0 Å². The van der Waals surface area contributed by atoms with E-state index in [4.69, 9.17) is 4.74 Å². The standard InChI is InChI=1S/C15H24N2O/c1-12(2)15-10-14(18-3)5-4-13(15)11-17-8-6-16-7-9-17/h4-5,10,12,16H,6-9,11H2,1-3H3. The third kappa shape index (κ3) is 3.24. The van der Waals surface area contributed by atoms with Gasteiger partial charge in [0.1, 0.15) is 5.75 Å². The van der Waals surface area contributed by atoms with E-state index >= 15 is 0 Å². The van der Waals surface area contributed by atoms with E-state index in [2.05, 4.69) is 42.3 Å². The predicted octanol–water partition coefficient (Wildman–Crippen LogP) is 2.22. The quantitative estimate of drug-likeness (QED) is 0.884. The van der Waals surface area contributed by atoms with Crippen LogP contribution in [0.2, 0.25) is 0 Å². The van der Waals surface area contributed by atoms with Gasteiger partial charge in [0.15, 0.2) is 0 Å². The van der Waals surface area contributed by atoms with Gasteiger partial charge in [0, 0.05) is 32.7 Å². The van der Waals surface area contributed by atoms with Crippen LogP contribution in [0.15, 0.2) is 18.2 Å². The second kappa shape index (κ2) is 6.21. The Balaban J connectivity index is 2.15. The van der Waals surface area contributed by atoms with Gasteiger partial charge in [-0.3, -0.25) is 4.90 Å². The fraction of sp³-hybridized carbons (Fsp3) is 0.600. The molecule has 3 nitrogen and oxygen atoms in total. The molecule has 1 saturated heterocycles. The predicted molar refractivity (Wildman–Crippen MR) is 75.2 cm³/mol. The molecule has 2 rings (SSSR count). The van der Waals surface area contributed by atoms with Gasteiger partial charge in [0.2, 0.25) is 0 Å². The van der Waals surface area contributed by atoms with Crippen LogP contribution in [0.25, 0.3) is 0 Å². The Kier molecular flexibility index (Phi) is 4.61. The number of benzene rings is 1. The first-order valence-corrected chi connectivity index (χ1v) is 6.80. The van der Waals surface area contributed by atoms with Crippen molar-refractivity contribution in [3.8, 4) is 5.75 Å². The number of nitrogens with one attached hydrogen (secondary N) is 1. The summed E-state index contributed by atoms with van der Waals surface area (Å²) in [6, 6.07) is 6.47. The summed E-state index contributed by atoms with van der Waals surface area (Å²) < 4.78 is 5.33. The summed E-state index contributed by atoms with van der Waals surface area (Å²) in [5.74, 6) is 1.50. The van der Waals surface area contributed by atoms with Crippen LogP contribution in [0.1, 0.15) is 30.9 Å². The van der Waals surface area contributed by atoms with E-state index in [1.165, 1.54) is 11.1 Å². The highest BCUT2D eigenvalue weighted by atomic mass is 16.5. The molecule has 18 heavy (non-hydrogen) atoms. The number of hydrogen-bond donors (Lipinski definition) is 1. The third-order valence-electron chi connectivity index (χ3n) is 3.58. The normalized spacial score (nSPS) is 17.1. The van der Waals surface area contributed by atoms with E-state index < -0.39 is 0 Å². The number of ether oxygens (including phenoxy) is 1. The molecule has 0 amide bonds. The summed E-state index contributed by atoms with van der Waals surface area (Å²) in [6.07, 6.45) is 0. The molecule has 1 aliphatic rings. The first-order chi connectivity index (χ1) is 8.70. The van der Waals surface area contributed by atoms with Crippen molar-refractivity contribution in [1.29, 1.82) is 0 Å². The minimum Gasteiger partial charge on any atom is -0.497 e. The summed E-state index contributed by atoms with van der Waals surface area (Å²) in [5.41, 5.74) is 2.85. The lowest BCUT2D eigenvalue weighted by molar-refractivity contribution is 0.232. The summed E-state index contributed by atoms with van der Waals surface area (Å²) in [6.45, 7) is 10.0. The highest BCUT2D eigenvalue weighted by Gasteiger charge is 2.14. The molecule has 0 spiro atoms. The van der Waals surface area contributed by atoms with Gasteiger partial charge in [-0.15, -0.1) is 0 Å². The van der Waals surface area contributed by atoms with Crippen LogP contribution in [0.4, 0.5) is 0 Å². The van der Waals surface area contributed by atoms with Gasteiger partial charge in [-0.05, 0) is 29.2 Å². The van der Waals surface area contributed by atoms with Crippen LogP contribution < -0.4 is 10.1 Å². The van der Waals surface area contributed by atoms with E-state index in [0.29, 0.717) is 5.92 Å². The van der Waals surface area contributed by atoms with Gasteiger partial charge in [0.25, 0.3) is 0 Å². The first kappa shape index (κ1) is 13.4. The van der Waals surface area contributed by atoms with Crippen molar-refractivity contribution in [1.82, 2.24) is 10.2 Å². The lowest BCUT2D eigenvalue weighted by atomic mass is 9.96. The van der Waals surface area contributed by atoms with Gasteiger partial charge in [-0.25, -0.2) is 0 Å². The third-order valence-corrected chi connectivity index (χ3v) is 3.58. The monoisotopic (exact) mass is 248 g/mol. The van der Waals surface area contributed by atoms with Crippen molar-refractivity contribution in [2.24, 2.45) is 0 Å². The summed E-state index contributed by atoms with van der Waals surface area (Å²) in [5, 5.41) is 3.39. The number of rotatable bonds is 4. The molecular weight excluding hydrogens is 224 g/mol. The molecule has 0 saturated carbocycles. The molecule has 100 valence electrons. The molecule has 1 N–H and O–H groups in total. The van der Waals surface area contributed by atoms with Crippen LogP contribution >= 0.6 is 0 Å². The van der Waals surface area contributed by atoms with Crippen molar-refractivity contribution in [2.75, 3.05) is 33.3 Å². The SMILES string of the molecule is COc1ccc(CN2CCNCC2)c(C(C)C)c1. The number of methoxy groups -OCH3 is 1. The van der Waals surface area contributed by atoms with Gasteiger partial charge in [0.05, 0.1) is 7.11 Å². The number of nitrogens with zero attached hydrogens (tertiary/aromatic N) is 1. The molecular formula is C15H24N2O. The Morgan fingerprint density at radius 2 is 2.00 bits per heavy atom. The molecule has 3 heteroatoms. The Morgan fingerprint density at radius 1 is 1.28 bits per heavy atom. The largest absolute Gasteiger partial charge is 0.497 e. The number of piperazine rings is 1. The summed E-state index contributed by atoms with van der Waals surface area (Å²) in [7, 11) is 1.73. The van der Waals surface area contributed by atoms with Crippen LogP contribution in [-0.4, -0.2) is 38.2 Å². The zero-order valence-electron chi connectivity index (χ0n) is 11.7. The fourth-order valence-corrected chi connectivity index (χ4v) is 2.49. The van der Waals surface area contributed by atoms with Gasteiger partial charge < -0.3 is 10.1 Å². The van der Waals surface area contributed by atoms with Crippen molar-refractivity contribution in [3.63, 3.8) is 0 Å². The maximum atomic E-state index is 5.33. The molecule has 0 radical (unpaired) electrons. The fourth-order valence-electron chi connectivity index (χ4n) is 2.49. The van der Waals surface area contributed by atoms with Crippen molar-refractivity contribution < 1.29 is 4.74 Å². The summed E-state index contributed by atoms with van der Waals surface area (Å²) >= 11 is 0. The maximum Gasteiger partial charge on any atom is 0.119 e. The molecule has 1 aromatic rings. The van der Waals surface area contributed by atoms with Crippen LogP contribution in [0.3, 0.4) is 0 Å². The molecule has 0 atom stereocenters. The lowest BCUT2D eigenvalue weighted by Crippen LogP contribution is -2.43. The topological polar surface area (TPSA) is 24.5 Å². The molecule has 0 aliphatic carbocycles. The lowest BCUT2D eigenvalue weighted by Gasteiger charge is -2.28. The molecule has 1 heterocycles. The smallest absolute Gasteiger partial charge is 0.119 e. The average molecular weight is 248 g/mol. The molecule has 0 aromatic heterocycles. The first-order valence-electron chi connectivity index (χ1n) is 6.80. The molecule has 0 unspecified atom stereocenters. The average Bonchev–Trinajstić information content (AvgIpc) is 2.40. The highest BCUT2D eigenvalue weighted by molar-refractivity contribution is 5.37. The van der Waals surface area contributed by atoms with Crippen molar-refractivity contribution >= 4 is 0 Å². The number of hydrogen-bond acceptors (Lipinski definition) is 3. The molecule has 1 aromatic carbocycles. The van der Waals surface area contributed by atoms with Crippen LogP contribution in [0, 0.1) is 0 Å². The minimum atomic E-state index is 0.540. The van der Waals surface area contributed by atoms with E-state index in [-0.39, 0.29) is 0 Å². The summed E-state index contributed by atoms with van der Waals surface area (Å²) in [4.78, 5) is 2.52. The Bertz CT molecular complexity index is 384. The molecule has 0 bridgehead atoms. The van der Waals surface area contributed by atoms with Crippen LogP contribution in [-0.2, 0) is 6.54 Å². The second-order valence-electron chi connectivity index (χ2n) is 5.25. The van der Waals surface area contributed by atoms with Gasteiger partial charge in [-0.2, -0.15) is 0 Å². The van der Waals surface area contributed by atoms with E-state index in [0.717, 1.165) is 38.5 Å². The van der Waals surface area contributed by atoms with Gasteiger partial charge in [-0.1, -0.05) is 19.9 Å². The Hall–Kier alpha value is -1.06. The Morgan fingerprint density at radius 3 is 2.61 bits per heavy atom. The van der Waals surface area contributed by atoms with Crippen LogP contribution in [0.5, 0.6) is 5.75 Å². The molecule has 1 aliphatic heterocycles. The Labute approximate surface area is 110 Å². The van der Waals surface area contributed by atoms with E-state index in [9.17, 15) is 0 Å². The minimum absolute atomic E-state index is 0.540. The van der Waals surface area contributed by atoms with Crippen molar-refractivity contribution in [2.45, 2.75) is 26.3 Å². The zero-order valence-corrected chi connectivity index (χ0v) is 11.7. The van der Waals surface area contributed by atoms with E-state index in [1.807, 2.05) is 0 Å². The van der Waals surface area contributed by atoms with Crippen molar-refractivity contribution in [3.05, 3.63) is 29.3 Å². The van der Waals surface area contributed by atoms with E-state index in [1.54, 1.807) is 7.11 Å². The second-order valence-corrected chi connectivity index (χ2v) is 5.25.